The van der Waals surface area contributed by atoms with Crippen LogP contribution >= 0.6 is 11.3 Å². The number of nitrogens with one attached hydrogen (secondary N) is 1. The van der Waals surface area contributed by atoms with Gasteiger partial charge in [-0.1, -0.05) is 25.2 Å². The maximum absolute atomic E-state index is 13.9. The quantitative estimate of drug-likeness (QED) is 0.285. The van der Waals surface area contributed by atoms with Gasteiger partial charge in [0.1, 0.15) is 26.9 Å². The number of aromatic nitrogens is 5. The predicted molar refractivity (Wildman–Crippen MR) is 166 cm³/mol. The maximum atomic E-state index is 13.9. The number of thiophene rings is 1. The number of aryl methyl sites for hydroxylation is 3. The second kappa shape index (κ2) is 14.1. The van der Waals surface area contributed by atoms with Crippen molar-refractivity contribution < 1.29 is 19.4 Å². The third-order valence-corrected chi connectivity index (χ3v) is 8.27. The van der Waals surface area contributed by atoms with Gasteiger partial charge in [0, 0.05) is 24.3 Å². The summed E-state index contributed by atoms with van der Waals surface area (Å²) in [5, 5.41) is 30.4. The molecule has 4 aromatic rings. The SMILES string of the molecule is CC.CC(C)O.Cc1c(-n2nccn2)sc2c1c(=O)n(C(C)(C)C(=O)NC1CCC1)c(=O)n2CCc1cc(F)ccc1O. The van der Waals surface area contributed by atoms with Crippen molar-refractivity contribution in [2.45, 2.75) is 98.4 Å². The number of benzene rings is 1. The summed E-state index contributed by atoms with van der Waals surface area (Å²) < 4.78 is 16.2. The van der Waals surface area contributed by atoms with E-state index in [0.717, 1.165) is 29.9 Å². The van der Waals surface area contributed by atoms with Crippen LogP contribution in [0.4, 0.5) is 4.39 Å². The summed E-state index contributed by atoms with van der Waals surface area (Å²) in [7, 11) is 0. The molecule has 0 spiro atoms. The number of aliphatic hydroxyl groups excluding tert-OH is 1. The van der Waals surface area contributed by atoms with Gasteiger partial charge in [-0.15, -0.1) is 4.80 Å². The number of rotatable bonds is 7. The Balaban J connectivity index is 0.000000780. The normalized spacial score (nSPS) is 13.2. The highest BCUT2D eigenvalue weighted by molar-refractivity contribution is 7.21. The van der Waals surface area contributed by atoms with Crippen LogP contribution in [0, 0.1) is 12.7 Å². The van der Waals surface area contributed by atoms with Crippen LogP contribution in [0.15, 0.2) is 40.2 Å². The molecule has 0 radical (unpaired) electrons. The molecule has 3 N–H and O–H groups in total. The molecule has 0 unspecified atom stereocenters. The molecular formula is C30H41FN6O5S. The highest BCUT2D eigenvalue weighted by atomic mass is 32.1. The van der Waals surface area contributed by atoms with Crippen LogP contribution in [0.1, 0.15) is 71.9 Å². The fourth-order valence-electron chi connectivity index (χ4n) is 4.54. The molecule has 1 amide bonds. The van der Waals surface area contributed by atoms with Crippen molar-refractivity contribution >= 4 is 27.5 Å². The number of carbonyl (C=O) groups is 1. The van der Waals surface area contributed by atoms with Crippen molar-refractivity contribution in [3.63, 3.8) is 0 Å². The highest BCUT2D eigenvalue weighted by Gasteiger charge is 2.37. The number of halogens is 1. The van der Waals surface area contributed by atoms with Gasteiger partial charge in [0.05, 0.1) is 17.8 Å². The summed E-state index contributed by atoms with van der Waals surface area (Å²) in [4.78, 5) is 42.7. The number of phenols is 1. The summed E-state index contributed by atoms with van der Waals surface area (Å²) in [6.45, 7) is 12.3. The van der Waals surface area contributed by atoms with Crippen molar-refractivity contribution in [2.75, 3.05) is 0 Å². The molecule has 0 atom stereocenters. The van der Waals surface area contributed by atoms with Crippen LogP contribution in [-0.4, -0.2) is 52.4 Å². The number of hydrogen-bond acceptors (Lipinski definition) is 8. The lowest BCUT2D eigenvalue weighted by molar-refractivity contribution is -0.130. The minimum atomic E-state index is -1.47. The van der Waals surface area contributed by atoms with Crippen molar-refractivity contribution in [3.8, 4) is 10.8 Å². The zero-order chi connectivity index (χ0) is 32.1. The number of amides is 1. The van der Waals surface area contributed by atoms with Gasteiger partial charge in [-0.05, 0) is 84.1 Å². The van der Waals surface area contributed by atoms with Crippen molar-refractivity contribution in [1.82, 2.24) is 29.4 Å². The van der Waals surface area contributed by atoms with E-state index in [9.17, 15) is 23.9 Å². The maximum Gasteiger partial charge on any atom is 0.333 e. The fraction of sp³-hybridized carbons (Fsp3) is 0.500. The molecule has 13 heteroatoms. The number of aromatic hydroxyl groups is 1. The molecule has 1 aromatic carbocycles. The van der Waals surface area contributed by atoms with E-state index in [0.29, 0.717) is 21.0 Å². The Labute approximate surface area is 253 Å². The Morgan fingerprint density at radius 1 is 1.19 bits per heavy atom. The van der Waals surface area contributed by atoms with E-state index < -0.39 is 28.5 Å². The van der Waals surface area contributed by atoms with Gasteiger partial charge in [0.15, 0.2) is 0 Å². The average molecular weight is 617 g/mol. The minimum Gasteiger partial charge on any atom is -0.508 e. The number of fused-ring (bicyclic) bond motifs is 1. The molecule has 11 nitrogen and oxygen atoms in total. The molecule has 0 saturated heterocycles. The van der Waals surface area contributed by atoms with E-state index in [2.05, 4.69) is 15.5 Å². The van der Waals surface area contributed by atoms with Crippen molar-refractivity contribution in [1.29, 1.82) is 0 Å². The lowest BCUT2D eigenvalue weighted by Gasteiger charge is -2.32. The minimum absolute atomic E-state index is 0.0322. The van der Waals surface area contributed by atoms with Crippen LogP contribution in [0.25, 0.3) is 15.2 Å². The van der Waals surface area contributed by atoms with Gasteiger partial charge < -0.3 is 15.5 Å². The molecule has 5 rings (SSSR count). The Morgan fingerprint density at radius 3 is 2.35 bits per heavy atom. The summed E-state index contributed by atoms with van der Waals surface area (Å²) in [6.07, 6.45) is 5.72. The summed E-state index contributed by atoms with van der Waals surface area (Å²) >= 11 is 1.18. The molecule has 3 aromatic heterocycles. The molecule has 0 bridgehead atoms. The van der Waals surface area contributed by atoms with E-state index >= 15 is 0 Å². The third-order valence-electron chi connectivity index (χ3n) is 6.99. The number of carbonyl (C=O) groups excluding carboxylic acids is 1. The second-order valence-corrected chi connectivity index (χ2v) is 11.9. The molecule has 43 heavy (non-hydrogen) atoms. The molecule has 0 aliphatic heterocycles. The molecule has 234 valence electrons. The van der Waals surface area contributed by atoms with E-state index in [1.165, 1.54) is 45.2 Å². The number of hydrogen-bond donors (Lipinski definition) is 3. The van der Waals surface area contributed by atoms with Gasteiger partial charge in [0.2, 0.25) is 5.91 Å². The van der Waals surface area contributed by atoms with Crippen LogP contribution in [-0.2, 0) is 23.3 Å². The topological polar surface area (TPSA) is 144 Å². The first-order valence-corrected chi connectivity index (χ1v) is 15.3. The number of nitrogens with zero attached hydrogens (tertiary/aromatic N) is 5. The molecule has 1 fully saturated rings. The second-order valence-electron chi connectivity index (χ2n) is 10.9. The standard InChI is InChI=1S/C25H27FN6O4S.C3H8O.C2H6/c1-14-19-20(34)31(25(2,3)23(35)29-17-5-4-6-17)24(36)30(12-9-15-13-16(26)7-8-18(15)33)22(19)37-21(14)32-27-10-11-28-32;1-3(2)4;1-2/h7-8,10-11,13,17,33H,4-6,9,12H2,1-3H3,(H,29,35);3-4H,1-2H3;1-2H3. The molecular weight excluding hydrogens is 575 g/mol. The molecule has 1 aliphatic rings. The average Bonchev–Trinajstić information content (AvgIpc) is 3.57. The first-order chi connectivity index (χ1) is 20.3. The van der Waals surface area contributed by atoms with Crippen LogP contribution < -0.4 is 16.6 Å². The van der Waals surface area contributed by atoms with Crippen LogP contribution in [0.5, 0.6) is 5.75 Å². The summed E-state index contributed by atoms with van der Waals surface area (Å²) in [5.41, 5.74) is -1.82. The molecule has 1 saturated carbocycles. The van der Waals surface area contributed by atoms with E-state index in [1.54, 1.807) is 34.6 Å². The summed E-state index contributed by atoms with van der Waals surface area (Å²) in [6, 6.07) is 3.65. The lowest BCUT2D eigenvalue weighted by atomic mass is 9.91. The Morgan fingerprint density at radius 2 is 1.79 bits per heavy atom. The largest absolute Gasteiger partial charge is 0.508 e. The van der Waals surface area contributed by atoms with Crippen LogP contribution in [0.2, 0.25) is 0 Å². The van der Waals surface area contributed by atoms with E-state index in [1.807, 2.05) is 13.8 Å². The lowest BCUT2D eigenvalue weighted by Crippen LogP contribution is -2.57. The van der Waals surface area contributed by atoms with Gasteiger partial charge in [0.25, 0.3) is 5.56 Å². The van der Waals surface area contributed by atoms with Gasteiger partial charge in [-0.2, -0.15) is 10.2 Å². The Bertz CT molecular complexity index is 1670. The predicted octanol–water partition coefficient (Wildman–Crippen LogP) is 4.02. The highest BCUT2D eigenvalue weighted by Crippen LogP contribution is 2.31. The number of aliphatic hydroxyl groups is 1. The first kappa shape index (κ1) is 33.7. The number of phenolic OH excluding ortho intramolecular Hbond substituents is 1. The first-order valence-electron chi connectivity index (χ1n) is 14.5. The fourth-order valence-corrected chi connectivity index (χ4v) is 5.78. The Kier molecular flexibility index (Phi) is 11.0. The van der Waals surface area contributed by atoms with Gasteiger partial charge in [-0.3, -0.25) is 14.2 Å². The van der Waals surface area contributed by atoms with Gasteiger partial charge >= 0.3 is 5.69 Å². The molecule has 1 aliphatic carbocycles. The monoisotopic (exact) mass is 616 g/mol. The smallest absolute Gasteiger partial charge is 0.333 e. The van der Waals surface area contributed by atoms with Gasteiger partial charge in [-0.25, -0.2) is 13.8 Å². The zero-order valence-corrected chi connectivity index (χ0v) is 26.5. The summed E-state index contributed by atoms with van der Waals surface area (Å²) in [5.74, 6) is -1.02. The van der Waals surface area contributed by atoms with Crippen molar-refractivity contribution in [2.24, 2.45) is 0 Å². The van der Waals surface area contributed by atoms with E-state index in [4.69, 9.17) is 5.11 Å². The Hall–Kier alpha value is -3.84. The zero-order valence-electron chi connectivity index (χ0n) is 25.7. The third kappa shape index (κ3) is 7.21. The van der Waals surface area contributed by atoms with E-state index in [-0.39, 0.29) is 36.2 Å². The molecule has 3 heterocycles. The van der Waals surface area contributed by atoms with Crippen LogP contribution in [0.3, 0.4) is 0 Å². The van der Waals surface area contributed by atoms with Crippen molar-refractivity contribution in [3.05, 3.63) is 68.4 Å².